The van der Waals surface area contributed by atoms with E-state index in [1.54, 1.807) is 0 Å². The molecule has 3 atom stereocenters. The number of benzene rings is 1. The highest BCUT2D eigenvalue weighted by Gasteiger charge is 2.50. The van der Waals surface area contributed by atoms with E-state index in [4.69, 9.17) is 5.26 Å². The molecule has 19 heavy (non-hydrogen) atoms. The van der Waals surface area contributed by atoms with Crippen LogP contribution in [0.15, 0.2) is 24.3 Å². The summed E-state index contributed by atoms with van der Waals surface area (Å²) in [6.45, 7) is 7.97. The van der Waals surface area contributed by atoms with E-state index in [-0.39, 0.29) is 0 Å². The fourth-order valence-electron chi connectivity index (χ4n) is 3.33. The molecule has 0 saturated heterocycles. The summed E-state index contributed by atoms with van der Waals surface area (Å²) in [7, 11) is 0. The van der Waals surface area contributed by atoms with Crippen LogP contribution in [0.4, 0.5) is 0 Å². The molecule has 2 nitrogen and oxygen atoms in total. The number of hydrogen-bond donors (Lipinski definition) is 1. The van der Waals surface area contributed by atoms with Crippen LogP contribution >= 0.6 is 0 Å². The van der Waals surface area contributed by atoms with E-state index in [9.17, 15) is 0 Å². The maximum Gasteiger partial charge on any atom is 0.0991 e. The van der Waals surface area contributed by atoms with Crippen molar-refractivity contribution in [2.75, 3.05) is 6.54 Å². The van der Waals surface area contributed by atoms with Crippen LogP contribution in [0.3, 0.4) is 0 Å². The molecule has 1 fully saturated rings. The van der Waals surface area contributed by atoms with Crippen LogP contribution in [0, 0.1) is 16.7 Å². The molecule has 0 radical (unpaired) electrons. The molecule has 1 aliphatic carbocycles. The van der Waals surface area contributed by atoms with Gasteiger partial charge >= 0.3 is 0 Å². The predicted molar refractivity (Wildman–Crippen MR) is 79.0 cm³/mol. The minimum Gasteiger partial charge on any atom is -0.313 e. The molecule has 3 unspecified atom stereocenters. The number of nitriles is 1. The van der Waals surface area contributed by atoms with Crippen LogP contribution in [-0.2, 0) is 0 Å². The highest BCUT2D eigenvalue weighted by atomic mass is 15.0. The highest BCUT2D eigenvalue weighted by molar-refractivity contribution is 5.37. The van der Waals surface area contributed by atoms with Gasteiger partial charge in [0.15, 0.2) is 0 Å². The van der Waals surface area contributed by atoms with Gasteiger partial charge in [0.25, 0.3) is 0 Å². The van der Waals surface area contributed by atoms with Crippen molar-refractivity contribution in [3.8, 4) is 6.07 Å². The van der Waals surface area contributed by atoms with E-state index < -0.39 is 0 Å². The molecule has 2 heteroatoms. The SMILES string of the molecule is CCCNC1CC(c2cccc(C#N)c2)C1(C)CC. The molecule has 1 N–H and O–H groups in total. The molecule has 1 aromatic rings. The maximum absolute atomic E-state index is 9.03. The Morgan fingerprint density at radius 2 is 2.21 bits per heavy atom. The van der Waals surface area contributed by atoms with Crippen molar-refractivity contribution < 1.29 is 0 Å². The summed E-state index contributed by atoms with van der Waals surface area (Å²) in [6.07, 6.45) is 3.56. The van der Waals surface area contributed by atoms with Crippen molar-refractivity contribution in [1.82, 2.24) is 5.32 Å². The average molecular weight is 256 g/mol. The summed E-state index contributed by atoms with van der Waals surface area (Å²) in [5.41, 5.74) is 2.43. The zero-order chi connectivity index (χ0) is 13.9. The second-order valence-corrected chi connectivity index (χ2v) is 5.89. The van der Waals surface area contributed by atoms with Crippen molar-refractivity contribution in [2.24, 2.45) is 5.41 Å². The fraction of sp³-hybridized carbons (Fsp3) is 0.588. The Labute approximate surface area is 116 Å². The Hall–Kier alpha value is -1.33. The average Bonchev–Trinajstić information content (AvgIpc) is 2.45. The molecule has 0 aromatic heterocycles. The van der Waals surface area contributed by atoms with Gasteiger partial charge in [-0.25, -0.2) is 0 Å². The van der Waals surface area contributed by atoms with Gasteiger partial charge in [-0.05, 0) is 54.8 Å². The van der Waals surface area contributed by atoms with E-state index in [0.29, 0.717) is 17.4 Å². The Bertz CT molecular complexity index is 474. The van der Waals surface area contributed by atoms with Crippen molar-refractivity contribution in [3.63, 3.8) is 0 Å². The number of hydrogen-bond acceptors (Lipinski definition) is 2. The summed E-state index contributed by atoms with van der Waals surface area (Å²) in [4.78, 5) is 0. The first-order valence-corrected chi connectivity index (χ1v) is 7.39. The third kappa shape index (κ3) is 2.53. The zero-order valence-electron chi connectivity index (χ0n) is 12.2. The largest absolute Gasteiger partial charge is 0.313 e. The maximum atomic E-state index is 9.03. The lowest BCUT2D eigenvalue weighted by Gasteiger charge is -2.55. The summed E-state index contributed by atoms with van der Waals surface area (Å²) in [6, 6.07) is 11.0. The van der Waals surface area contributed by atoms with Gasteiger partial charge in [-0.2, -0.15) is 5.26 Å². The van der Waals surface area contributed by atoms with Crippen LogP contribution in [0.5, 0.6) is 0 Å². The molecule has 1 saturated carbocycles. The van der Waals surface area contributed by atoms with Gasteiger partial charge in [0.05, 0.1) is 11.6 Å². The molecule has 0 heterocycles. The quantitative estimate of drug-likeness (QED) is 0.869. The minimum absolute atomic E-state index is 0.323. The van der Waals surface area contributed by atoms with Gasteiger partial charge in [0.2, 0.25) is 0 Å². The van der Waals surface area contributed by atoms with E-state index >= 15 is 0 Å². The fourth-order valence-corrected chi connectivity index (χ4v) is 3.33. The third-order valence-corrected chi connectivity index (χ3v) is 4.88. The first-order chi connectivity index (χ1) is 9.15. The minimum atomic E-state index is 0.323. The molecule has 0 amide bonds. The lowest BCUT2D eigenvalue weighted by Crippen LogP contribution is -2.56. The number of rotatable bonds is 5. The number of nitrogens with zero attached hydrogens (tertiary/aromatic N) is 1. The lowest BCUT2D eigenvalue weighted by atomic mass is 9.54. The van der Waals surface area contributed by atoms with Crippen LogP contribution in [0.2, 0.25) is 0 Å². The second-order valence-electron chi connectivity index (χ2n) is 5.89. The Morgan fingerprint density at radius 1 is 1.42 bits per heavy atom. The Kier molecular flexibility index (Phi) is 4.27. The Balaban J connectivity index is 2.16. The van der Waals surface area contributed by atoms with Crippen LogP contribution in [0.1, 0.15) is 57.1 Å². The molecule has 0 aliphatic heterocycles. The summed E-state index contributed by atoms with van der Waals surface area (Å²) in [5.74, 6) is 0.583. The standard InChI is InChI=1S/C17H24N2/c1-4-9-19-16-11-15(17(16,3)5-2)14-8-6-7-13(10-14)12-18/h6-8,10,15-16,19H,4-5,9,11H2,1-3H3. The summed E-state index contributed by atoms with van der Waals surface area (Å²) < 4.78 is 0. The molecular formula is C17H24N2. The van der Waals surface area contributed by atoms with Crippen LogP contribution in [0.25, 0.3) is 0 Å². The van der Waals surface area contributed by atoms with Gasteiger partial charge in [0, 0.05) is 6.04 Å². The molecular weight excluding hydrogens is 232 g/mol. The number of nitrogens with one attached hydrogen (secondary N) is 1. The molecule has 102 valence electrons. The normalized spacial score (nSPS) is 29.6. The van der Waals surface area contributed by atoms with Crippen molar-refractivity contribution in [1.29, 1.82) is 5.26 Å². The smallest absolute Gasteiger partial charge is 0.0991 e. The van der Waals surface area contributed by atoms with E-state index in [0.717, 1.165) is 12.1 Å². The highest BCUT2D eigenvalue weighted by Crippen LogP contribution is 2.54. The third-order valence-electron chi connectivity index (χ3n) is 4.88. The molecule has 1 aliphatic rings. The van der Waals surface area contributed by atoms with Crippen LogP contribution in [-0.4, -0.2) is 12.6 Å². The van der Waals surface area contributed by atoms with Gasteiger partial charge in [0.1, 0.15) is 0 Å². The second kappa shape index (κ2) is 5.75. The zero-order valence-corrected chi connectivity index (χ0v) is 12.2. The van der Waals surface area contributed by atoms with Crippen molar-refractivity contribution >= 4 is 0 Å². The first-order valence-electron chi connectivity index (χ1n) is 7.39. The van der Waals surface area contributed by atoms with Crippen LogP contribution < -0.4 is 5.32 Å². The predicted octanol–water partition coefficient (Wildman–Crippen LogP) is 3.83. The van der Waals surface area contributed by atoms with Gasteiger partial charge in [-0.3, -0.25) is 0 Å². The molecule has 0 bridgehead atoms. The van der Waals surface area contributed by atoms with Gasteiger partial charge < -0.3 is 5.32 Å². The molecule has 2 rings (SSSR count). The molecule has 1 aromatic carbocycles. The van der Waals surface area contributed by atoms with E-state index in [2.05, 4.69) is 44.3 Å². The van der Waals surface area contributed by atoms with E-state index in [1.165, 1.54) is 24.8 Å². The van der Waals surface area contributed by atoms with Crippen molar-refractivity contribution in [2.45, 2.75) is 52.0 Å². The molecule has 0 spiro atoms. The van der Waals surface area contributed by atoms with Crippen molar-refractivity contribution in [3.05, 3.63) is 35.4 Å². The van der Waals surface area contributed by atoms with E-state index in [1.807, 2.05) is 12.1 Å². The Morgan fingerprint density at radius 3 is 2.84 bits per heavy atom. The lowest BCUT2D eigenvalue weighted by molar-refractivity contribution is 0.0445. The monoisotopic (exact) mass is 256 g/mol. The first kappa shape index (κ1) is 14.1. The van der Waals surface area contributed by atoms with Gasteiger partial charge in [-0.1, -0.05) is 32.9 Å². The summed E-state index contributed by atoms with van der Waals surface area (Å²) >= 11 is 0. The summed E-state index contributed by atoms with van der Waals surface area (Å²) in [5, 5.41) is 12.7. The topological polar surface area (TPSA) is 35.8 Å². The van der Waals surface area contributed by atoms with Gasteiger partial charge in [-0.15, -0.1) is 0 Å².